The van der Waals surface area contributed by atoms with Gasteiger partial charge in [0.15, 0.2) is 5.82 Å². The minimum absolute atomic E-state index is 0.250. The number of benzene rings is 1. The lowest BCUT2D eigenvalue weighted by Crippen LogP contribution is -2.39. The van der Waals surface area contributed by atoms with Gasteiger partial charge in [0.05, 0.1) is 5.52 Å². The first kappa shape index (κ1) is 17.7. The van der Waals surface area contributed by atoms with Crippen LogP contribution in [0.5, 0.6) is 0 Å². The van der Waals surface area contributed by atoms with Gasteiger partial charge in [0.2, 0.25) is 0 Å². The minimum Gasteiger partial charge on any atom is -0.341 e. The summed E-state index contributed by atoms with van der Waals surface area (Å²) in [5.41, 5.74) is 1.46. The summed E-state index contributed by atoms with van der Waals surface area (Å²) in [6, 6.07) is 5.08. The van der Waals surface area contributed by atoms with Gasteiger partial charge in [-0.1, -0.05) is 25.4 Å². The summed E-state index contributed by atoms with van der Waals surface area (Å²) in [5.74, 6) is 0.517. The van der Waals surface area contributed by atoms with Crippen molar-refractivity contribution >= 4 is 42.3 Å². The van der Waals surface area contributed by atoms with Crippen LogP contribution in [-0.2, 0) is 11.8 Å². The molecular formula is C15H21BN4O2. The number of rotatable bonds is 4. The standard InChI is InChI=1S/C13H15BN4O2.C2H6/c1-15-13(20)18(6-3-7-19)12-10-5-4-9(14)8-11(10)17(2)16-12;1-2/h4-5,7-8H,3,6H2,1-2H3,(H,15,20);1-2H3. The Morgan fingerprint density at radius 1 is 1.45 bits per heavy atom. The Morgan fingerprint density at radius 3 is 2.73 bits per heavy atom. The number of nitrogens with one attached hydrogen (secondary N) is 1. The fraction of sp³-hybridized carbons (Fsp3) is 0.400. The molecule has 0 aliphatic rings. The zero-order valence-electron chi connectivity index (χ0n) is 13.5. The van der Waals surface area contributed by atoms with Crippen LogP contribution in [0.2, 0.25) is 0 Å². The highest BCUT2D eigenvalue weighted by molar-refractivity contribution is 6.33. The molecule has 2 amide bonds. The summed E-state index contributed by atoms with van der Waals surface area (Å²) in [7, 11) is 9.09. The summed E-state index contributed by atoms with van der Waals surface area (Å²) in [6.07, 6.45) is 1.03. The number of amides is 2. The lowest BCUT2D eigenvalue weighted by molar-refractivity contribution is -0.107. The van der Waals surface area contributed by atoms with Crippen LogP contribution in [0.25, 0.3) is 10.9 Å². The molecule has 2 rings (SSSR count). The van der Waals surface area contributed by atoms with Gasteiger partial charge in [0.25, 0.3) is 0 Å². The van der Waals surface area contributed by atoms with Crippen molar-refractivity contribution in [1.82, 2.24) is 15.1 Å². The molecule has 0 atom stereocenters. The van der Waals surface area contributed by atoms with Gasteiger partial charge in [-0.05, 0) is 12.1 Å². The van der Waals surface area contributed by atoms with Crippen molar-refractivity contribution in [3.8, 4) is 0 Å². The average molecular weight is 300 g/mol. The summed E-state index contributed by atoms with van der Waals surface area (Å²) in [5, 5.41) is 7.73. The molecule has 2 radical (unpaired) electrons. The van der Waals surface area contributed by atoms with Crippen LogP contribution in [0.1, 0.15) is 20.3 Å². The van der Waals surface area contributed by atoms with E-state index in [0.29, 0.717) is 11.3 Å². The number of carbonyl (C=O) groups excluding carboxylic acids is 2. The normalized spacial score (nSPS) is 9.82. The van der Waals surface area contributed by atoms with Crippen molar-refractivity contribution in [2.24, 2.45) is 7.05 Å². The van der Waals surface area contributed by atoms with E-state index < -0.39 is 0 Å². The molecule has 6 nitrogen and oxygen atoms in total. The molecule has 116 valence electrons. The zero-order valence-corrected chi connectivity index (χ0v) is 13.5. The van der Waals surface area contributed by atoms with Crippen LogP contribution in [0, 0.1) is 0 Å². The van der Waals surface area contributed by atoms with E-state index in [1.807, 2.05) is 19.9 Å². The second-order valence-corrected chi connectivity index (χ2v) is 4.39. The molecule has 0 aliphatic heterocycles. The predicted molar refractivity (Wildman–Crippen MR) is 89.9 cm³/mol. The minimum atomic E-state index is -0.302. The molecule has 7 heteroatoms. The first-order valence-corrected chi connectivity index (χ1v) is 7.23. The first-order chi connectivity index (χ1) is 10.6. The number of aromatic nitrogens is 2. The molecule has 1 heterocycles. The predicted octanol–water partition coefficient (Wildman–Crippen LogP) is 1.13. The fourth-order valence-electron chi connectivity index (χ4n) is 2.08. The molecule has 1 aromatic heterocycles. The van der Waals surface area contributed by atoms with Crippen molar-refractivity contribution in [2.75, 3.05) is 18.5 Å². The number of hydrogen-bond donors (Lipinski definition) is 1. The van der Waals surface area contributed by atoms with Crippen molar-refractivity contribution in [3.05, 3.63) is 18.2 Å². The summed E-state index contributed by atoms with van der Waals surface area (Å²) in [6.45, 7) is 4.28. The molecule has 0 saturated heterocycles. The highest BCUT2D eigenvalue weighted by atomic mass is 16.2. The highest BCUT2D eigenvalue weighted by Gasteiger charge is 2.20. The third kappa shape index (κ3) is 3.66. The summed E-state index contributed by atoms with van der Waals surface area (Å²) in [4.78, 5) is 24.0. The van der Waals surface area contributed by atoms with Crippen molar-refractivity contribution < 1.29 is 9.59 Å². The maximum absolute atomic E-state index is 12.0. The van der Waals surface area contributed by atoms with Crippen molar-refractivity contribution in [3.63, 3.8) is 0 Å². The van der Waals surface area contributed by atoms with Gasteiger partial charge in [-0.15, -0.1) is 0 Å². The van der Waals surface area contributed by atoms with Crippen LogP contribution in [0.3, 0.4) is 0 Å². The second-order valence-electron chi connectivity index (χ2n) is 4.39. The number of fused-ring (bicyclic) bond motifs is 1. The van der Waals surface area contributed by atoms with Gasteiger partial charge in [-0.3, -0.25) is 9.58 Å². The van der Waals surface area contributed by atoms with Crippen LogP contribution in [-0.4, -0.2) is 43.5 Å². The summed E-state index contributed by atoms with van der Waals surface area (Å²) < 4.78 is 1.66. The van der Waals surface area contributed by atoms with Crippen molar-refractivity contribution in [1.29, 1.82) is 0 Å². The Morgan fingerprint density at radius 2 is 2.14 bits per heavy atom. The van der Waals surface area contributed by atoms with E-state index in [9.17, 15) is 9.59 Å². The lowest BCUT2D eigenvalue weighted by Gasteiger charge is -2.19. The Hall–Kier alpha value is -2.31. The highest BCUT2D eigenvalue weighted by Crippen LogP contribution is 2.25. The van der Waals surface area contributed by atoms with E-state index in [0.717, 1.165) is 17.2 Å². The second kappa shape index (κ2) is 8.21. The lowest BCUT2D eigenvalue weighted by atomic mass is 9.95. The Bertz CT molecular complexity index is 654. The van der Waals surface area contributed by atoms with E-state index in [2.05, 4.69) is 10.4 Å². The Balaban J connectivity index is 0.00000116. The van der Waals surface area contributed by atoms with Gasteiger partial charge >= 0.3 is 6.03 Å². The van der Waals surface area contributed by atoms with Crippen LogP contribution >= 0.6 is 0 Å². The number of anilines is 1. The molecule has 2 aromatic rings. The van der Waals surface area contributed by atoms with Crippen molar-refractivity contribution in [2.45, 2.75) is 20.3 Å². The third-order valence-electron chi connectivity index (χ3n) is 3.04. The molecule has 0 bridgehead atoms. The number of carbonyl (C=O) groups is 2. The molecular weight excluding hydrogens is 279 g/mol. The SMILES string of the molecule is CC.[B]c1ccc2c(N(CCC=O)C(=O)NC)nn(C)c2c1. The number of nitrogens with zero attached hydrogens (tertiary/aromatic N) is 3. The smallest absolute Gasteiger partial charge is 0.322 e. The van der Waals surface area contributed by atoms with Crippen LogP contribution in [0.15, 0.2) is 18.2 Å². The first-order valence-electron chi connectivity index (χ1n) is 7.23. The van der Waals surface area contributed by atoms with E-state index in [1.165, 1.54) is 4.90 Å². The number of aldehydes is 1. The third-order valence-corrected chi connectivity index (χ3v) is 3.04. The molecule has 0 saturated carbocycles. The average Bonchev–Trinajstić information content (AvgIpc) is 2.86. The van der Waals surface area contributed by atoms with Gasteiger partial charge in [0.1, 0.15) is 14.1 Å². The molecule has 0 unspecified atom stereocenters. The van der Waals surface area contributed by atoms with E-state index >= 15 is 0 Å². The number of aryl methyl sites for hydroxylation is 1. The van der Waals surface area contributed by atoms with Crippen LogP contribution in [0.4, 0.5) is 10.6 Å². The fourth-order valence-corrected chi connectivity index (χ4v) is 2.08. The molecule has 0 aliphatic carbocycles. The summed E-state index contributed by atoms with van der Waals surface area (Å²) >= 11 is 0. The number of urea groups is 1. The maximum Gasteiger partial charge on any atom is 0.322 e. The monoisotopic (exact) mass is 300 g/mol. The van der Waals surface area contributed by atoms with E-state index in [1.54, 1.807) is 30.9 Å². The van der Waals surface area contributed by atoms with Gasteiger partial charge < -0.3 is 10.1 Å². The number of hydrogen-bond acceptors (Lipinski definition) is 3. The molecule has 0 fully saturated rings. The Kier molecular flexibility index (Phi) is 6.63. The van der Waals surface area contributed by atoms with Gasteiger partial charge in [-0.2, -0.15) is 5.10 Å². The maximum atomic E-state index is 12.0. The quantitative estimate of drug-likeness (QED) is 0.680. The van der Waals surface area contributed by atoms with Gasteiger partial charge in [-0.25, -0.2) is 4.79 Å². The Labute approximate surface area is 131 Å². The van der Waals surface area contributed by atoms with Gasteiger partial charge in [0, 0.05) is 32.4 Å². The molecule has 22 heavy (non-hydrogen) atoms. The zero-order chi connectivity index (χ0) is 16.7. The molecule has 0 spiro atoms. The topological polar surface area (TPSA) is 67.2 Å². The largest absolute Gasteiger partial charge is 0.341 e. The van der Waals surface area contributed by atoms with E-state index in [4.69, 9.17) is 7.85 Å². The molecule has 1 N–H and O–H groups in total. The molecule has 1 aromatic carbocycles. The van der Waals surface area contributed by atoms with Crippen LogP contribution < -0.4 is 15.7 Å². The van der Waals surface area contributed by atoms with E-state index in [-0.39, 0.29) is 19.0 Å².